The lowest BCUT2D eigenvalue weighted by molar-refractivity contribution is 0.102. The Kier molecular flexibility index (Phi) is 3.05. The number of carbonyl (C=O) groups excluding carboxylic acids is 1. The maximum Gasteiger partial charge on any atom is 0.257 e. The summed E-state index contributed by atoms with van der Waals surface area (Å²) in [6.07, 6.45) is 1.41. The summed E-state index contributed by atoms with van der Waals surface area (Å²) in [6, 6.07) is 7.05. The summed E-state index contributed by atoms with van der Waals surface area (Å²) in [7, 11) is 0. The van der Waals surface area contributed by atoms with Gasteiger partial charge in [-0.3, -0.25) is 4.79 Å². The van der Waals surface area contributed by atoms with Crippen molar-refractivity contribution < 1.29 is 9.32 Å². The summed E-state index contributed by atoms with van der Waals surface area (Å²) >= 11 is 3.38. The van der Waals surface area contributed by atoms with Gasteiger partial charge in [0, 0.05) is 16.1 Å². The van der Waals surface area contributed by atoms with Crippen molar-refractivity contribution in [3.8, 4) is 0 Å². The van der Waals surface area contributed by atoms with Crippen LogP contribution in [0.15, 0.2) is 39.5 Å². The Balaban J connectivity index is 2.24. The molecule has 0 aliphatic rings. The Morgan fingerprint density at radius 2 is 2.25 bits per heavy atom. The van der Waals surface area contributed by atoms with Crippen LogP contribution in [-0.2, 0) is 0 Å². The lowest BCUT2D eigenvalue weighted by Gasteiger charge is -2.06. The number of nitrogens with one attached hydrogen (secondary N) is 1. The first-order chi connectivity index (χ1) is 7.68. The minimum atomic E-state index is -0.201. The van der Waals surface area contributed by atoms with Gasteiger partial charge < -0.3 is 9.84 Å². The van der Waals surface area contributed by atoms with Crippen molar-refractivity contribution in [3.63, 3.8) is 0 Å². The van der Waals surface area contributed by atoms with Gasteiger partial charge in [-0.2, -0.15) is 0 Å². The van der Waals surface area contributed by atoms with Gasteiger partial charge >= 0.3 is 0 Å². The van der Waals surface area contributed by atoms with Gasteiger partial charge in [-0.1, -0.05) is 27.2 Å². The molecular weight excluding hydrogens is 272 g/mol. The van der Waals surface area contributed by atoms with Crippen LogP contribution < -0.4 is 5.32 Å². The lowest BCUT2D eigenvalue weighted by atomic mass is 10.1. The van der Waals surface area contributed by atoms with Crippen molar-refractivity contribution in [2.24, 2.45) is 0 Å². The molecule has 1 amide bonds. The number of carbonyl (C=O) groups is 1. The van der Waals surface area contributed by atoms with Gasteiger partial charge in [-0.15, -0.1) is 0 Å². The number of amides is 1. The highest BCUT2D eigenvalue weighted by atomic mass is 79.9. The second-order valence-electron chi connectivity index (χ2n) is 3.25. The molecule has 0 aliphatic carbocycles. The number of aromatic nitrogens is 1. The SMILES string of the molecule is Cc1c(Br)cccc1C(=O)Nc1ccon1. The van der Waals surface area contributed by atoms with E-state index < -0.39 is 0 Å². The molecule has 0 atom stereocenters. The highest BCUT2D eigenvalue weighted by Gasteiger charge is 2.11. The number of rotatable bonds is 2. The van der Waals surface area contributed by atoms with E-state index in [0.29, 0.717) is 11.4 Å². The molecule has 0 saturated carbocycles. The van der Waals surface area contributed by atoms with Crippen LogP contribution in [0.25, 0.3) is 0 Å². The fourth-order valence-corrected chi connectivity index (χ4v) is 1.68. The summed E-state index contributed by atoms with van der Waals surface area (Å²) in [5.41, 5.74) is 1.50. The molecule has 5 heteroatoms. The molecule has 0 spiro atoms. The van der Waals surface area contributed by atoms with E-state index in [9.17, 15) is 4.79 Å². The standard InChI is InChI=1S/C11H9BrN2O2/c1-7-8(3-2-4-9(7)12)11(15)13-10-5-6-16-14-10/h2-6H,1H3,(H,13,14,15). The number of benzene rings is 1. The van der Waals surface area contributed by atoms with Gasteiger partial charge in [-0.05, 0) is 24.6 Å². The molecule has 2 rings (SSSR count). The largest absolute Gasteiger partial charge is 0.363 e. The molecular formula is C11H9BrN2O2. The van der Waals surface area contributed by atoms with E-state index in [4.69, 9.17) is 0 Å². The molecule has 16 heavy (non-hydrogen) atoms. The number of halogens is 1. The van der Waals surface area contributed by atoms with Gasteiger partial charge in [0.15, 0.2) is 5.82 Å². The maximum absolute atomic E-state index is 11.9. The predicted octanol–water partition coefficient (Wildman–Crippen LogP) is 3.00. The summed E-state index contributed by atoms with van der Waals surface area (Å²) in [4.78, 5) is 11.9. The van der Waals surface area contributed by atoms with Crippen LogP contribution in [-0.4, -0.2) is 11.1 Å². The van der Waals surface area contributed by atoms with Crippen molar-refractivity contribution in [2.45, 2.75) is 6.92 Å². The zero-order chi connectivity index (χ0) is 11.5. The normalized spacial score (nSPS) is 10.1. The van der Waals surface area contributed by atoms with Crippen LogP contribution in [0.2, 0.25) is 0 Å². The molecule has 1 heterocycles. The molecule has 0 fully saturated rings. The molecule has 1 N–H and O–H groups in total. The summed E-state index contributed by atoms with van der Waals surface area (Å²) in [6.45, 7) is 1.88. The molecule has 82 valence electrons. The Hall–Kier alpha value is -1.62. The smallest absolute Gasteiger partial charge is 0.257 e. The van der Waals surface area contributed by atoms with Crippen LogP contribution in [0, 0.1) is 6.92 Å². The average molecular weight is 281 g/mol. The Morgan fingerprint density at radius 3 is 2.94 bits per heavy atom. The van der Waals surface area contributed by atoms with Crippen molar-refractivity contribution in [3.05, 3.63) is 46.1 Å². The van der Waals surface area contributed by atoms with E-state index in [0.717, 1.165) is 10.0 Å². The molecule has 0 saturated heterocycles. The monoisotopic (exact) mass is 280 g/mol. The van der Waals surface area contributed by atoms with Gasteiger partial charge in [0.2, 0.25) is 0 Å². The van der Waals surface area contributed by atoms with Crippen LogP contribution in [0.5, 0.6) is 0 Å². The summed E-state index contributed by atoms with van der Waals surface area (Å²) in [5, 5.41) is 6.26. The first-order valence-corrected chi connectivity index (χ1v) is 5.44. The van der Waals surface area contributed by atoms with Crippen LogP contribution >= 0.6 is 15.9 Å². The summed E-state index contributed by atoms with van der Waals surface area (Å²) in [5.74, 6) is 0.206. The van der Waals surface area contributed by atoms with Crippen LogP contribution in [0.4, 0.5) is 5.82 Å². The molecule has 0 unspecified atom stereocenters. The third-order valence-electron chi connectivity index (χ3n) is 2.19. The number of anilines is 1. The molecule has 1 aromatic carbocycles. The minimum absolute atomic E-state index is 0.201. The van der Waals surface area contributed by atoms with E-state index in [-0.39, 0.29) is 5.91 Å². The molecule has 4 nitrogen and oxygen atoms in total. The first-order valence-electron chi connectivity index (χ1n) is 4.65. The second kappa shape index (κ2) is 4.49. The zero-order valence-corrected chi connectivity index (χ0v) is 10.1. The number of nitrogens with zero attached hydrogens (tertiary/aromatic N) is 1. The zero-order valence-electron chi connectivity index (χ0n) is 8.53. The highest BCUT2D eigenvalue weighted by Crippen LogP contribution is 2.20. The molecule has 0 radical (unpaired) electrons. The fourth-order valence-electron chi connectivity index (χ4n) is 1.31. The van der Waals surface area contributed by atoms with Gasteiger partial charge in [0.25, 0.3) is 5.91 Å². The highest BCUT2D eigenvalue weighted by molar-refractivity contribution is 9.10. The maximum atomic E-state index is 11.9. The van der Waals surface area contributed by atoms with Crippen molar-refractivity contribution in [1.29, 1.82) is 0 Å². The van der Waals surface area contributed by atoms with Gasteiger partial charge in [0.05, 0.1) is 0 Å². The molecule has 0 bridgehead atoms. The van der Waals surface area contributed by atoms with Crippen molar-refractivity contribution >= 4 is 27.7 Å². The van der Waals surface area contributed by atoms with Gasteiger partial charge in [-0.25, -0.2) is 0 Å². The first kappa shape index (κ1) is 10.9. The van der Waals surface area contributed by atoms with E-state index in [1.54, 1.807) is 12.1 Å². The predicted molar refractivity (Wildman–Crippen MR) is 63.3 cm³/mol. The number of hydrogen-bond donors (Lipinski definition) is 1. The Labute approximate surface area is 101 Å². The Bertz CT molecular complexity index is 509. The third kappa shape index (κ3) is 2.14. The fraction of sp³-hybridized carbons (Fsp3) is 0.0909. The van der Waals surface area contributed by atoms with Crippen molar-refractivity contribution in [1.82, 2.24) is 5.16 Å². The van der Waals surface area contributed by atoms with E-state index in [1.807, 2.05) is 19.1 Å². The molecule has 2 aromatic rings. The van der Waals surface area contributed by atoms with E-state index >= 15 is 0 Å². The van der Waals surface area contributed by atoms with Gasteiger partial charge in [0.1, 0.15) is 6.26 Å². The third-order valence-corrected chi connectivity index (χ3v) is 3.05. The van der Waals surface area contributed by atoms with E-state index in [2.05, 4.69) is 30.9 Å². The van der Waals surface area contributed by atoms with E-state index in [1.165, 1.54) is 6.26 Å². The topological polar surface area (TPSA) is 55.1 Å². The Morgan fingerprint density at radius 1 is 1.44 bits per heavy atom. The van der Waals surface area contributed by atoms with Crippen LogP contribution in [0.1, 0.15) is 15.9 Å². The minimum Gasteiger partial charge on any atom is -0.363 e. The van der Waals surface area contributed by atoms with Crippen LogP contribution in [0.3, 0.4) is 0 Å². The quantitative estimate of drug-likeness (QED) is 0.920. The van der Waals surface area contributed by atoms with Crippen molar-refractivity contribution in [2.75, 3.05) is 5.32 Å². The summed E-state index contributed by atoms with van der Waals surface area (Å²) < 4.78 is 5.53. The lowest BCUT2D eigenvalue weighted by Crippen LogP contribution is -2.13. The molecule has 1 aromatic heterocycles. The average Bonchev–Trinajstić information content (AvgIpc) is 2.74. The number of hydrogen-bond acceptors (Lipinski definition) is 3. The second-order valence-corrected chi connectivity index (χ2v) is 4.11. The molecule has 0 aliphatic heterocycles.